The molecule has 0 spiro atoms. The van der Waals surface area contributed by atoms with Crippen molar-refractivity contribution < 1.29 is 9.53 Å². The molecular weight excluding hydrogens is 242 g/mol. The molecule has 0 bridgehead atoms. The van der Waals surface area contributed by atoms with Gasteiger partial charge in [0.1, 0.15) is 0 Å². The molecule has 2 aliphatic heterocycles. The number of amides is 1. The molecule has 1 N–H and O–H groups in total. The van der Waals surface area contributed by atoms with Gasteiger partial charge in [-0.1, -0.05) is 0 Å². The van der Waals surface area contributed by atoms with Gasteiger partial charge in [0, 0.05) is 33.2 Å². The summed E-state index contributed by atoms with van der Waals surface area (Å²) in [5.41, 5.74) is 0. The minimum Gasteiger partial charge on any atom is -0.375 e. The van der Waals surface area contributed by atoms with Crippen LogP contribution in [0, 0.1) is 5.92 Å². The summed E-state index contributed by atoms with van der Waals surface area (Å²) in [5.74, 6) is 0.833. The molecule has 2 heterocycles. The normalized spacial score (nSPS) is 29.2. The second kappa shape index (κ2) is 7.22. The van der Waals surface area contributed by atoms with E-state index in [2.05, 4.69) is 17.3 Å². The van der Waals surface area contributed by atoms with Gasteiger partial charge in [-0.3, -0.25) is 4.79 Å². The molecule has 110 valence electrons. The van der Waals surface area contributed by atoms with Crippen molar-refractivity contribution in [1.29, 1.82) is 0 Å². The zero-order valence-corrected chi connectivity index (χ0v) is 12.2. The lowest BCUT2D eigenvalue weighted by molar-refractivity contribution is -0.134. The number of rotatable bonds is 4. The molecule has 2 atom stereocenters. The van der Waals surface area contributed by atoms with Gasteiger partial charge in [-0.2, -0.15) is 0 Å². The number of carbonyl (C=O) groups is 1. The van der Waals surface area contributed by atoms with Crippen LogP contribution in [0.3, 0.4) is 0 Å². The second-order valence-electron chi connectivity index (χ2n) is 5.95. The van der Waals surface area contributed by atoms with Crippen LogP contribution in [-0.2, 0) is 9.53 Å². The Bertz CT molecular complexity index is 292. The minimum atomic E-state index is 0.0535. The highest BCUT2D eigenvalue weighted by atomic mass is 16.5. The van der Waals surface area contributed by atoms with Gasteiger partial charge in [0.15, 0.2) is 0 Å². The average Bonchev–Trinajstić information content (AvgIpc) is 2.40. The van der Waals surface area contributed by atoms with Crippen molar-refractivity contribution in [3.05, 3.63) is 0 Å². The standard InChI is InChI=1S/C14H27N3O2/c1-16-6-3-4-12(10-16)11-17(2)14(18)8-13-9-15-5-7-19-13/h12-13,15H,3-11H2,1-2H3. The predicted octanol–water partition coefficient (Wildman–Crippen LogP) is 0.165. The van der Waals surface area contributed by atoms with Crippen LogP contribution in [0.2, 0.25) is 0 Å². The van der Waals surface area contributed by atoms with Crippen molar-refractivity contribution in [1.82, 2.24) is 15.1 Å². The highest BCUT2D eigenvalue weighted by Crippen LogP contribution is 2.16. The molecule has 2 rings (SSSR count). The van der Waals surface area contributed by atoms with Gasteiger partial charge in [0.05, 0.1) is 19.1 Å². The van der Waals surface area contributed by atoms with Crippen LogP contribution >= 0.6 is 0 Å². The van der Waals surface area contributed by atoms with E-state index in [1.165, 1.54) is 19.4 Å². The Morgan fingerprint density at radius 1 is 1.53 bits per heavy atom. The molecule has 5 heteroatoms. The quantitative estimate of drug-likeness (QED) is 0.790. The van der Waals surface area contributed by atoms with Crippen LogP contribution in [0.25, 0.3) is 0 Å². The topological polar surface area (TPSA) is 44.8 Å². The molecule has 0 aromatic rings. The van der Waals surface area contributed by atoms with Gasteiger partial charge in [-0.25, -0.2) is 0 Å². The zero-order valence-electron chi connectivity index (χ0n) is 12.2. The first-order valence-corrected chi connectivity index (χ1v) is 7.40. The number of carbonyl (C=O) groups excluding carboxylic acids is 1. The predicted molar refractivity (Wildman–Crippen MR) is 75.1 cm³/mol. The fourth-order valence-corrected chi connectivity index (χ4v) is 3.01. The van der Waals surface area contributed by atoms with E-state index in [0.717, 1.165) is 32.8 Å². The van der Waals surface area contributed by atoms with Crippen LogP contribution in [0.15, 0.2) is 0 Å². The third-order valence-corrected chi connectivity index (χ3v) is 4.09. The van der Waals surface area contributed by atoms with Gasteiger partial charge < -0.3 is 19.9 Å². The van der Waals surface area contributed by atoms with E-state index in [1.54, 1.807) is 0 Å². The third-order valence-electron chi connectivity index (χ3n) is 4.09. The fraction of sp³-hybridized carbons (Fsp3) is 0.929. The molecule has 2 aliphatic rings. The Kier molecular flexibility index (Phi) is 5.60. The summed E-state index contributed by atoms with van der Waals surface area (Å²) in [5, 5.41) is 3.26. The summed E-state index contributed by atoms with van der Waals surface area (Å²) in [6, 6.07) is 0. The van der Waals surface area contributed by atoms with E-state index < -0.39 is 0 Å². The van der Waals surface area contributed by atoms with Crippen LogP contribution in [-0.4, -0.2) is 75.2 Å². The average molecular weight is 269 g/mol. The lowest BCUT2D eigenvalue weighted by atomic mass is 9.98. The third kappa shape index (κ3) is 4.75. The van der Waals surface area contributed by atoms with Crippen LogP contribution < -0.4 is 5.32 Å². The van der Waals surface area contributed by atoms with E-state index in [9.17, 15) is 4.79 Å². The molecule has 0 aromatic carbocycles. The number of nitrogens with one attached hydrogen (secondary N) is 1. The number of ether oxygens (including phenoxy) is 1. The number of likely N-dealkylation sites (tertiary alicyclic amines) is 1. The summed E-state index contributed by atoms with van der Waals surface area (Å²) in [7, 11) is 4.09. The first-order valence-electron chi connectivity index (χ1n) is 7.40. The minimum absolute atomic E-state index is 0.0535. The number of hydrogen-bond donors (Lipinski definition) is 1. The van der Waals surface area contributed by atoms with E-state index in [0.29, 0.717) is 12.3 Å². The van der Waals surface area contributed by atoms with Crippen molar-refractivity contribution in [2.45, 2.75) is 25.4 Å². The van der Waals surface area contributed by atoms with Crippen LogP contribution in [0.4, 0.5) is 0 Å². The highest BCUT2D eigenvalue weighted by molar-refractivity contribution is 5.76. The Hall–Kier alpha value is -0.650. The maximum Gasteiger partial charge on any atom is 0.224 e. The number of piperidine rings is 1. The molecular formula is C14H27N3O2. The largest absolute Gasteiger partial charge is 0.375 e. The number of hydrogen-bond acceptors (Lipinski definition) is 4. The Balaban J connectivity index is 1.72. The molecule has 0 aromatic heterocycles. The first-order chi connectivity index (χ1) is 9.15. The Labute approximate surface area is 116 Å². The monoisotopic (exact) mass is 269 g/mol. The van der Waals surface area contributed by atoms with Crippen molar-refractivity contribution in [2.75, 3.05) is 53.4 Å². The van der Waals surface area contributed by atoms with E-state index in [1.807, 2.05) is 11.9 Å². The van der Waals surface area contributed by atoms with Crippen LogP contribution in [0.1, 0.15) is 19.3 Å². The highest BCUT2D eigenvalue weighted by Gasteiger charge is 2.23. The Morgan fingerprint density at radius 2 is 2.37 bits per heavy atom. The number of nitrogens with zero attached hydrogens (tertiary/aromatic N) is 2. The molecule has 0 radical (unpaired) electrons. The molecule has 0 aliphatic carbocycles. The second-order valence-corrected chi connectivity index (χ2v) is 5.95. The van der Waals surface area contributed by atoms with Gasteiger partial charge in [-0.15, -0.1) is 0 Å². The summed E-state index contributed by atoms with van der Waals surface area (Å²) < 4.78 is 5.59. The van der Waals surface area contributed by atoms with Crippen LogP contribution in [0.5, 0.6) is 0 Å². The van der Waals surface area contributed by atoms with E-state index >= 15 is 0 Å². The molecule has 5 nitrogen and oxygen atoms in total. The number of morpholine rings is 1. The smallest absolute Gasteiger partial charge is 0.224 e. The van der Waals surface area contributed by atoms with Gasteiger partial charge >= 0.3 is 0 Å². The maximum absolute atomic E-state index is 12.2. The molecule has 2 saturated heterocycles. The zero-order chi connectivity index (χ0) is 13.7. The summed E-state index contributed by atoms with van der Waals surface area (Å²) in [6.45, 7) is 5.59. The van der Waals surface area contributed by atoms with E-state index in [4.69, 9.17) is 4.74 Å². The van der Waals surface area contributed by atoms with Crippen molar-refractivity contribution in [3.63, 3.8) is 0 Å². The van der Waals surface area contributed by atoms with Crippen molar-refractivity contribution in [2.24, 2.45) is 5.92 Å². The molecule has 2 unspecified atom stereocenters. The lowest BCUT2D eigenvalue weighted by Gasteiger charge is -2.33. The molecule has 2 fully saturated rings. The summed E-state index contributed by atoms with van der Waals surface area (Å²) in [6.07, 6.45) is 3.05. The first kappa shape index (κ1) is 14.8. The molecule has 0 saturated carbocycles. The molecule has 1 amide bonds. The van der Waals surface area contributed by atoms with E-state index in [-0.39, 0.29) is 12.0 Å². The SMILES string of the molecule is CN1CCCC(CN(C)C(=O)CC2CNCCO2)C1. The Morgan fingerprint density at radius 3 is 3.05 bits per heavy atom. The van der Waals surface area contributed by atoms with Gasteiger partial charge in [0.2, 0.25) is 5.91 Å². The maximum atomic E-state index is 12.2. The summed E-state index contributed by atoms with van der Waals surface area (Å²) >= 11 is 0. The van der Waals surface area contributed by atoms with Crippen molar-refractivity contribution >= 4 is 5.91 Å². The van der Waals surface area contributed by atoms with Crippen molar-refractivity contribution in [3.8, 4) is 0 Å². The van der Waals surface area contributed by atoms with Gasteiger partial charge in [0.25, 0.3) is 0 Å². The fourth-order valence-electron chi connectivity index (χ4n) is 3.01. The van der Waals surface area contributed by atoms with Gasteiger partial charge in [-0.05, 0) is 32.4 Å². The summed E-state index contributed by atoms with van der Waals surface area (Å²) in [4.78, 5) is 16.4. The molecule has 19 heavy (non-hydrogen) atoms. The lowest BCUT2D eigenvalue weighted by Crippen LogP contribution is -2.44.